The van der Waals surface area contributed by atoms with Crippen LogP contribution in [0.5, 0.6) is 0 Å². The van der Waals surface area contributed by atoms with Crippen molar-refractivity contribution in [3.63, 3.8) is 0 Å². The molecule has 0 atom stereocenters. The highest BCUT2D eigenvalue weighted by molar-refractivity contribution is 6.02. The number of nitrogens with two attached hydrogens (primary N) is 1. The van der Waals surface area contributed by atoms with Crippen LogP contribution in [0.25, 0.3) is 0 Å². The molecule has 7 nitrogen and oxygen atoms in total. The molecule has 0 heterocycles. The van der Waals surface area contributed by atoms with Gasteiger partial charge in [0.2, 0.25) is 0 Å². The van der Waals surface area contributed by atoms with E-state index in [9.17, 15) is 27.6 Å². The van der Waals surface area contributed by atoms with Crippen molar-refractivity contribution in [3.05, 3.63) is 58.7 Å². The summed E-state index contributed by atoms with van der Waals surface area (Å²) in [7, 11) is 0. The number of imide groups is 1. The lowest BCUT2D eigenvalue weighted by Crippen LogP contribution is -2.37. The summed E-state index contributed by atoms with van der Waals surface area (Å²) >= 11 is 0. The van der Waals surface area contributed by atoms with Crippen molar-refractivity contribution in [1.82, 2.24) is 5.32 Å². The molecule has 0 radical (unpaired) electrons. The maximum absolute atomic E-state index is 13.0. The Kier molecular flexibility index (Phi) is 6.47. The van der Waals surface area contributed by atoms with Crippen LogP contribution in [0.2, 0.25) is 0 Å². The maximum Gasteiger partial charge on any atom is 0.417 e. The summed E-state index contributed by atoms with van der Waals surface area (Å²) < 4.78 is 43.7. The van der Waals surface area contributed by atoms with Crippen molar-refractivity contribution in [3.8, 4) is 0 Å². The number of urea groups is 1. The standard InChI is InChI=1S/C19H18F3N3O4/c1-10-3-5-13(7-11(10)2)24-18(28)25-16(26)9-29-17(27)14-6-4-12(23)8-15(14)19(20,21)22/h3-8H,9,23H2,1-2H3,(H2,24,25,26,28). The molecule has 10 heteroatoms. The summed E-state index contributed by atoms with van der Waals surface area (Å²) in [6, 6.07) is 6.77. The van der Waals surface area contributed by atoms with Crippen LogP contribution in [0.1, 0.15) is 27.0 Å². The van der Waals surface area contributed by atoms with E-state index in [2.05, 4.69) is 10.1 Å². The van der Waals surface area contributed by atoms with Crippen LogP contribution >= 0.6 is 0 Å². The van der Waals surface area contributed by atoms with Gasteiger partial charge in [0.05, 0.1) is 11.1 Å². The van der Waals surface area contributed by atoms with E-state index >= 15 is 0 Å². The molecular weight excluding hydrogens is 391 g/mol. The highest BCUT2D eigenvalue weighted by atomic mass is 19.4. The number of amides is 3. The summed E-state index contributed by atoms with van der Waals surface area (Å²) in [5, 5.41) is 4.34. The number of anilines is 2. The van der Waals surface area contributed by atoms with Crippen LogP contribution in [0.15, 0.2) is 36.4 Å². The largest absolute Gasteiger partial charge is 0.452 e. The number of carbonyl (C=O) groups excluding carboxylic acids is 3. The third-order valence-electron chi connectivity index (χ3n) is 3.92. The number of ether oxygens (including phenoxy) is 1. The number of alkyl halides is 3. The Bertz CT molecular complexity index is 958. The van der Waals surface area contributed by atoms with Gasteiger partial charge in [-0.15, -0.1) is 0 Å². The van der Waals surface area contributed by atoms with E-state index in [1.54, 1.807) is 18.2 Å². The van der Waals surface area contributed by atoms with E-state index in [-0.39, 0.29) is 5.69 Å². The number of esters is 1. The van der Waals surface area contributed by atoms with Gasteiger partial charge >= 0.3 is 18.2 Å². The lowest BCUT2D eigenvalue weighted by Gasteiger charge is -2.13. The van der Waals surface area contributed by atoms with Crippen molar-refractivity contribution in [2.45, 2.75) is 20.0 Å². The fraction of sp³-hybridized carbons (Fsp3) is 0.211. The summed E-state index contributed by atoms with van der Waals surface area (Å²) in [6.07, 6.45) is -4.84. The minimum absolute atomic E-state index is 0.186. The molecule has 4 N–H and O–H groups in total. The predicted molar refractivity (Wildman–Crippen MR) is 99.2 cm³/mol. The zero-order valence-corrected chi connectivity index (χ0v) is 15.5. The first kappa shape index (κ1) is 21.7. The van der Waals surface area contributed by atoms with Crippen molar-refractivity contribution in [2.24, 2.45) is 0 Å². The summed E-state index contributed by atoms with van der Waals surface area (Å²) in [4.78, 5) is 35.5. The molecule has 0 spiro atoms. The Balaban J connectivity index is 1.94. The second-order valence-electron chi connectivity index (χ2n) is 6.18. The average molecular weight is 409 g/mol. The van der Waals surface area contributed by atoms with Crippen LogP contribution in [-0.2, 0) is 15.7 Å². The van der Waals surface area contributed by atoms with Gasteiger partial charge in [-0.2, -0.15) is 13.2 Å². The summed E-state index contributed by atoms with van der Waals surface area (Å²) in [5.74, 6) is -2.38. The van der Waals surface area contributed by atoms with Gasteiger partial charge in [-0.05, 0) is 55.3 Å². The average Bonchev–Trinajstić information content (AvgIpc) is 2.62. The number of carbonyl (C=O) groups is 3. The molecule has 0 aliphatic heterocycles. The van der Waals surface area contributed by atoms with E-state index in [4.69, 9.17) is 5.73 Å². The first-order valence-corrected chi connectivity index (χ1v) is 8.29. The number of nitrogens with one attached hydrogen (secondary N) is 2. The lowest BCUT2D eigenvalue weighted by molar-refractivity contribution is -0.138. The molecule has 0 aromatic heterocycles. The highest BCUT2D eigenvalue weighted by Gasteiger charge is 2.36. The number of hydrogen-bond acceptors (Lipinski definition) is 5. The van der Waals surface area contributed by atoms with E-state index in [0.717, 1.165) is 23.3 Å². The minimum atomic E-state index is -4.84. The Morgan fingerprint density at radius 1 is 1.03 bits per heavy atom. The molecule has 3 amide bonds. The zero-order chi connectivity index (χ0) is 21.8. The number of hydrogen-bond donors (Lipinski definition) is 3. The molecule has 29 heavy (non-hydrogen) atoms. The molecule has 154 valence electrons. The highest BCUT2D eigenvalue weighted by Crippen LogP contribution is 2.33. The lowest BCUT2D eigenvalue weighted by atomic mass is 10.1. The molecule has 0 unspecified atom stereocenters. The Labute approximate surface area is 164 Å². The van der Waals surface area contributed by atoms with Crippen LogP contribution in [0, 0.1) is 13.8 Å². The van der Waals surface area contributed by atoms with Crippen molar-refractivity contribution < 1.29 is 32.3 Å². The maximum atomic E-state index is 13.0. The summed E-state index contributed by atoms with van der Waals surface area (Å²) in [5.41, 5.74) is 5.44. The van der Waals surface area contributed by atoms with E-state index < -0.39 is 41.8 Å². The molecule has 0 bridgehead atoms. The van der Waals surface area contributed by atoms with E-state index in [1.807, 2.05) is 19.2 Å². The van der Waals surface area contributed by atoms with Crippen molar-refractivity contribution >= 4 is 29.3 Å². The molecule has 2 rings (SSSR count). The van der Waals surface area contributed by atoms with Gasteiger partial charge in [-0.1, -0.05) is 6.07 Å². The van der Waals surface area contributed by atoms with Gasteiger partial charge in [-0.3, -0.25) is 10.1 Å². The molecule has 0 aliphatic rings. The third kappa shape index (κ3) is 5.96. The number of rotatable bonds is 4. The molecule has 0 saturated heterocycles. The first-order chi connectivity index (χ1) is 13.5. The SMILES string of the molecule is Cc1ccc(NC(=O)NC(=O)COC(=O)c2ccc(N)cc2C(F)(F)F)cc1C. The Morgan fingerprint density at radius 2 is 1.72 bits per heavy atom. The molecule has 2 aromatic carbocycles. The van der Waals surface area contributed by atoms with Crippen LogP contribution in [0.3, 0.4) is 0 Å². The van der Waals surface area contributed by atoms with E-state index in [0.29, 0.717) is 11.8 Å². The van der Waals surface area contributed by atoms with Gasteiger partial charge in [-0.25, -0.2) is 9.59 Å². The van der Waals surface area contributed by atoms with Crippen molar-refractivity contribution in [1.29, 1.82) is 0 Å². The number of benzene rings is 2. The number of halogens is 3. The van der Waals surface area contributed by atoms with Gasteiger partial charge in [0.25, 0.3) is 5.91 Å². The fourth-order valence-corrected chi connectivity index (χ4v) is 2.33. The molecular formula is C19H18F3N3O4. The third-order valence-corrected chi connectivity index (χ3v) is 3.92. The number of aryl methyl sites for hydroxylation is 2. The smallest absolute Gasteiger partial charge is 0.417 e. The zero-order valence-electron chi connectivity index (χ0n) is 15.5. The Hall–Kier alpha value is -3.56. The van der Waals surface area contributed by atoms with Gasteiger partial charge in [0.15, 0.2) is 6.61 Å². The van der Waals surface area contributed by atoms with Crippen molar-refractivity contribution in [2.75, 3.05) is 17.7 Å². The molecule has 0 aliphatic carbocycles. The Morgan fingerprint density at radius 3 is 2.34 bits per heavy atom. The normalized spacial score (nSPS) is 10.9. The van der Waals surface area contributed by atoms with Gasteiger partial charge in [0, 0.05) is 11.4 Å². The first-order valence-electron chi connectivity index (χ1n) is 8.29. The topological polar surface area (TPSA) is 111 Å². The summed E-state index contributed by atoms with van der Waals surface area (Å²) in [6.45, 7) is 2.79. The van der Waals surface area contributed by atoms with E-state index in [1.165, 1.54) is 0 Å². The van der Waals surface area contributed by atoms with Crippen LogP contribution < -0.4 is 16.4 Å². The quantitative estimate of drug-likeness (QED) is 0.530. The second-order valence-corrected chi connectivity index (χ2v) is 6.18. The fourth-order valence-electron chi connectivity index (χ4n) is 2.33. The molecule has 0 saturated carbocycles. The van der Waals surface area contributed by atoms with Gasteiger partial charge in [0.1, 0.15) is 0 Å². The van der Waals surface area contributed by atoms with Crippen LogP contribution in [0.4, 0.5) is 29.3 Å². The predicted octanol–water partition coefficient (Wildman–Crippen LogP) is 3.41. The molecule has 0 fully saturated rings. The number of nitrogen functional groups attached to an aromatic ring is 1. The second kappa shape index (κ2) is 8.63. The van der Waals surface area contributed by atoms with Gasteiger partial charge < -0.3 is 15.8 Å². The minimum Gasteiger partial charge on any atom is -0.452 e. The van der Waals surface area contributed by atoms with Crippen LogP contribution in [-0.4, -0.2) is 24.5 Å². The monoisotopic (exact) mass is 409 g/mol. The molecule has 2 aromatic rings.